The first-order chi connectivity index (χ1) is 18.1. The van der Waals surface area contributed by atoms with Crippen LogP contribution in [0, 0.1) is 11.7 Å². The van der Waals surface area contributed by atoms with E-state index in [9.17, 15) is 4.79 Å². The quantitative estimate of drug-likeness (QED) is 0.453. The number of rotatable bonds is 4. The second-order valence-electron chi connectivity index (χ2n) is 10.3. The molecule has 9 nitrogen and oxygen atoms in total. The predicted octanol–water partition coefficient (Wildman–Crippen LogP) is 4.08. The average Bonchev–Trinajstić information content (AvgIpc) is 3.59. The Labute approximate surface area is 213 Å². The summed E-state index contributed by atoms with van der Waals surface area (Å²) in [6.07, 6.45) is 7.23. The topological polar surface area (TPSA) is 92.2 Å². The molecule has 10 heteroatoms. The van der Waals surface area contributed by atoms with Gasteiger partial charge in [0, 0.05) is 46.8 Å². The standard InChI is InChI=1S/C27H28FN7O2/c1-16-15-37-11-10-33(16)25-13-21(22-14-30-35(26(22)31-25)24-8-9-29-32-24)20-7-6-19(12-23(20)28)34-18-4-2-17(3-5-18)27(34)36/h6-9,12-14,16-18H,2-5,10-11,15H2,1H3,(H,29,32)/t16-,17?,18?/m1/s1. The van der Waals surface area contributed by atoms with Gasteiger partial charge in [0.25, 0.3) is 0 Å². The molecular weight excluding hydrogens is 473 g/mol. The molecule has 1 saturated carbocycles. The monoisotopic (exact) mass is 501 g/mol. The van der Waals surface area contributed by atoms with E-state index in [1.165, 1.54) is 6.07 Å². The maximum absolute atomic E-state index is 15.9. The van der Waals surface area contributed by atoms with Crippen LogP contribution >= 0.6 is 0 Å². The Balaban J connectivity index is 1.36. The summed E-state index contributed by atoms with van der Waals surface area (Å²) in [6, 6.07) is 9.22. The predicted molar refractivity (Wildman–Crippen MR) is 137 cm³/mol. The third-order valence-corrected chi connectivity index (χ3v) is 8.07. The summed E-state index contributed by atoms with van der Waals surface area (Å²) < 4.78 is 23.2. The number of H-pyrrole nitrogens is 1. The van der Waals surface area contributed by atoms with E-state index < -0.39 is 0 Å². The van der Waals surface area contributed by atoms with Gasteiger partial charge in [-0.05, 0) is 56.9 Å². The van der Waals surface area contributed by atoms with Gasteiger partial charge in [0.05, 0.1) is 31.6 Å². The molecule has 0 spiro atoms. The van der Waals surface area contributed by atoms with Crippen molar-refractivity contribution in [2.75, 3.05) is 29.6 Å². The number of fused-ring (bicyclic) bond motifs is 4. The molecule has 1 N–H and O–H groups in total. The number of hydrogen-bond acceptors (Lipinski definition) is 6. The van der Waals surface area contributed by atoms with Crippen molar-refractivity contribution in [3.05, 3.63) is 48.5 Å². The molecule has 1 atom stereocenters. The van der Waals surface area contributed by atoms with Crippen LogP contribution in [0.2, 0.25) is 0 Å². The van der Waals surface area contributed by atoms with E-state index in [2.05, 4.69) is 27.1 Å². The lowest BCUT2D eigenvalue weighted by atomic mass is 9.79. The number of aromatic amines is 1. The summed E-state index contributed by atoms with van der Waals surface area (Å²) in [4.78, 5) is 21.9. The highest BCUT2D eigenvalue weighted by Crippen LogP contribution is 2.41. The van der Waals surface area contributed by atoms with Crippen molar-refractivity contribution in [2.24, 2.45) is 5.92 Å². The summed E-state index contributed by atoms with van der Waals surface area (Å²) in [7, 11) is 0. The number of morpholine rings is 1. The summed E-state index contributed by atoms with van der Waals surface area (Å²) in [6.45, 7) is 3.99. The third kappa shape index (κ3) is 3.61. The SMILES string of the molecule is C[C@@H]1COCCN1c1cc(-c2ccc(N3C(=O)C4CCC3CC4)cc2F)c2cnn(-c3ccn[nH]3)c2n1. The number of piperidine rings is 2. The van der Waals surface area contributed by atoms with Crippen molar-refractivity contribution in [3.8, 4) is 16.9 Å². The number of benzene rings is 1. The highest BCUT2D eigenvalue weighted by Gasteiger charge is 2.41. The van der Waals surface area contributed by atoms with Gasteiger partial charge in [0.2, 0.25) is 5.91 Å². The zero-order valence-electron chi connectivity index (χ0n) is 20.6. The first-order valence-electron chi connectivity index (χ1n) is 12.9. The van der Waals surface area contributed by atoms with Crippen molar-refractivity contribution in [1.29, 1.82) is 0 Å². The van der Waals surface area contributed by atoms with Crippen LogP contribution in [0.15, 0.2) is 42.7 Å². The normalized spacial score (nSPS) is 23.8. The lowest BCUT2D eigenvalue weighted by Crippen LogP contribution is -2.52. The number of carbonyl (C=O) groups is 1. The number of anilines is 2. The number of nitrogens with zero attached hydrogens (tertiary/aromatic N) is 6. The minimum atomic E-state index is -0.366. The number of nitrogens with one attached hydrogen (secondary N) is 1. The molecule has 2 bridgehead atoms. The Hall–Kier alpha value is -3.79. The third-order valence-electron chi connectivity index (χ3n) is 8.07. The lowest BCUT2D eigenvalue weighted by molar-refractivity contribution is -0.126. The van der Waals surface area contributed by atoms with Crippen molar-refractivity contribution >= 4 is 28.4 Å². The van der Waals surface area contributed by atoms with Crippen molar-refractivity contribution in [2.45, 2.75) is 44.7 Å². The minimum absolute atomic E-state index is 0.0685. The van der Waals surface area contributed by atoms with Crippen LogP contribution in [-0.4, -0.2) is 62.7 Å². The molecule has 3 saturated heterocycles. The Bertz CT molecular complexity index is 1480. The fourth-order valence-electron chi connectivity index (χ4n) is 6.14. The molecule has 190 valence electrons. The molecule has 1 amide bonds. The Morgan fingerprint density at radius 2 is 1.97 bits per heavy atom. The zero-order chi connectivity index (χ0) is 25.1. The Morgan fingerprint density at radius 3 is 2.70 bits per heavy atom. The number of pyridine rings is 1. The number of carbonyl (C=O) groups excluding carboxylic acids is 1. The van der Waals surface area contributed by atoms with E-state index in [0.29, 0.717) is 48.0 Å². The smallest absolute Gasteiger partial charge is 0.230 e. The first kappa shape index (κ1) is 22.4. The van der Waals surface area contributed by atoms with Gasteiger partial charge in [-0.1, -0.05) is 0 Å². The summed E-state index contributed by atoms with van der Waals surface area (Å²) >= 11 is 0. The van der Waals surface area contributed by atoms with E-state index in [-0.39, 0.29) is 29.7 Å². The Morgan fingerprint density at radius 1 is 1.11 bits per heavy atom. The molecular formula is C27H28FN7O2. The van der Waals surface area contributed by atoms with E-state index >= 15 is 4.39 Å². The van der Waals surface area contributed by atoms with Crippen LogP contribution in [0.5, 0.6) is 0 Å². The highest BCUT2D eigenvalue weighted by molar-refractivity contribution is 5.99. The van der Waals surface area contributed by atoms with Gasteiger partial charge in [-0.2, -0.15) is 14.9 Å². The number of amides is 1. The van der Waals surface area contributed by atoms with Gasteiger partial charge in [-0.25, -0.2) is 9.37 Å². The van der Waals surface area contributed by atoms with Gasteiger partial charge in [-0.3, -0.25) is 9.89 Å². The molecule has 37 heavy (non-hydrogen) atoms. The molecule has 0 unspecified atom stereocenters. The Kier molecular flexibility index (Phi) is 5.24. The lowest BCUT2D eigenvalue weighted by Gasteiger charge is -2.44. The second-order valence-corrected chi connectivity index (χ2v) is 10.3. The van der Waals surface area contributed by atoms with Gasteiger partial charge in [0.15, 0.2) is 11.5 Å². The first-order valence-corrected chi connectivity index (χ1v) is 12.9. The molecule has 8 rings (SSSR count). The fraction of sp³-hybridized carbons (Fsp3) is 0.407. The molecule has 4 aromatic rings. The fourth-order valence-corrected chi connectivity index (χ4v) is 6.14. The highest BCUT2D eigenvalue weighted by atomic mass is 19.1. The molecule has 1 aromatic carbocycles. The second kappa shape index (κ2) is 8.65. The zero-order valence-corrected chi connectivity index (χ0v) is 20.6. The maximum Gasteiger partial charge on any atom is 0.230 e. The van der Waals surface area contributed by atoms with Crippen LogP contribution in [0.3, 0.4) is 0 Å². The van der Waals surface area contributed by atoms with Crippen LogP contribution in [-0.2, 0) is 9.53 Å². The van der Waals surface area contributed by atoms with Crippen LogP contribution in [0.25, 0.3) is 28.0 Å². The van der Waals surface area contributed by atoms with Crippen molar-refractivity contribution in [3.63, 3.8) is 0 Å². The van der Waals surface area contributed by atoms with Gasteiger partial charge < -0.3 is 14.5 Å². The molecule has 0 radical (unpaired) electrons. The maximum atomic E-state index is 15.9. The number of aromatic nitrogens is 5. The van der Waals surface area contributed by atoms with E-state index in [0.717, 1.165) is 36.9 Å². The summed E-state index contributed by atoms with van der Waals surface area (Å²) in [5.41, 5.74) is 2.42. The molecule has 4 fully saturated rings. The molecule has 4 aliphatic rings. The van der Waals surface area contributed by atoms with E-state index in [1.54, 1.807) is 23.1 Å². The van der Waals surface area contributed by atoms with Crippen LogP contribution < -0.4 is 9.80 Å². The van der Waals surface area contributed by atoms with Crippen LogP contribution in [0.4, 0.5) is 15.9 Å². The van der Waals surface area contributed by atoms with Gasteiger partial charge >= 0.3 is 0 Å². The number of halogens is 1. The van der Waals surface area contributed by atoms with Gasteiger partial charge in [0.1, 0.15) is 11.6 Å². The largest absolute Gasteiger partial charge is 0.377 e. The molecule has 6 heterocycles. The summed E-state index contributed by atoms with van der Waals surface area (Å²) in [5.74, 6) is 1.25. The summed E-state index contributed by atoms with van der Waals surface area (Å²) in [5, 5.41) is 12.3. The number of hydrogen-bond donors (Lipinski definition) is 1. The molecule has 3 aromatic heterocycles. The van der Waals surface area contributed by atoms with Crippen molar-refractivity contribution in [1.82, 2.24) is 25.0 Å². The van der Waals surface area contributed by atoms with Crippen molar-refractivity contribution < 1.29 is 13.9 Å². The van der Waals surface area contributed by atoms with E-state index in [1.807, 2.05) is 23.1 Å². The average molecular weight is 502 g/mol. The van der Waals surface area contributed by atoms with Crippen LogP contribution in [0.1, 0.15) is 32.6 Å². The molecule has 1 aliphatic carbocycles. The van der Waals surface area contributed by atoms with Gasteiger partial charge in [-0.15, -0.1) is 0 Å². The molecule has 3 aliphatic heterocycles. The minimum Gasteiger partial charge on any atom is -0.377 e. The number of ether oxygens (including phenoxy) is 1. The van der Waals surface area contributed by atoms with E-state index in [4.69, 9.17) is 9.72 Å².